The molecule has 0 amide bonds. The number of rotatable bonds is 5. The molecule has 1 atom stereocenters. The van der Waals surface area contributed by atoms with Gasteiger partial charge in [-0.05, 0) is 69.3 Å². The number of aromatic nitrogens is 4. The number of anilines is 1. The molecular formula is C25H25FN6O. The number of carbonyl (C=O) groups excluding carboxylic acids is 1. The Balaban J connectivity index is 1.63. The Labute approximate surface area is 191 Å². The number of benzene rings is 1. The molecule has 8 heteroatoms. The maximum absolute atomic E-state index is 13.6. The Morgan fingerprint density at radius 3 is 2.58 bits per heavy atom. The number of pyridine rings is 1. The van der Waals surface area contributed by atoms with Gasteiger partial charge in [-0.15, -0.1) is 0 Å². The fourth-order valence-corrected chi connectivity index (χ4v) is 4.46. The number of nitrogens with two attached hydrogens (primary N) is 1. The van der Waals surface area contributed by atoms with Crippen LogP contribution < -0.4 is 5.73 Å². The number of fused-ring (bicyclic) bond motifs is 1. The minimum Gasteiger partial charge on any atom is -0.382 e. The second kappa shape index (κ2) is 8.37. The van der Waals surface area contributed by atoms with Gasteiger partial charge in [0.1, 0.15) is 17.2 Å². The summed E-state index contributed by atoms with van der Waals surface area (Å²) in [4.78, 5) is 29.1. The van der Waals surface area contributed by atoms with Gasteiger partial charge in [-0.2, -0.15) is 0 Å². The minimum atomic E-state index is -0.343. The number of ketones is 1. The fourth-order valence-electron chi connectivity index (χ4n) is 4.46. The maximum Gasteiger partial charge on any atom is 0.185 e. The third-order valence-electron chi connectivity index (χ3n) is 6.23. The molecule has 0 aliphatic carbocycles. The topological polar surface area (TPSA) is 89.4 Å². The van der Waals surface area contributed by atoms with Crippen molar-refractivity contribution in [2.24, 2.45) is 5.92 Å². The molecule has 0 saturated carbocycles. The molecule has 3 aromatic heterocycles. The molecule has 1 saturated heterocycles. The van der Waals surface area contributed by atoms with Crippen molar-refractivity contribution in [3.05, 3.63) is 66.0 Å². The van der Waals surface area contributed by atoms with E-state index in [0.29, 0.717) is 23.4 Å². The summed E-state index contributed by atoms with van der Waals surface area (Å²) in [6.45, 7) is 3.83. The largest absolute Gasteiger partial charge is 0.382 e. The molecule has 1 aliphatic heterocycles. The van der Waals surface area contributed by atoms with Crippen LogP contribution >= 0.6 is 0 Å². The molecule has 1 fully saturated rings. The van der Waals surface area contributed by atoms with Crippen LogP contribution in [0.2, 0.25) is 0 Å². The number of Topliss-reactive ketones (excluding diaryl/α,β-unsaturated/α-hetero) is 1. The van der Waals surface area contributed by atoms with Gasteiger partial charge in [-0.1, -0.05) is 0 Å². The molecule has 0 spiro atoms. The smallest absolute Gasteiger partial charge is 0.185 e. The lowest BCUT2D eigenvalue weighted by atomic mass is 9.99. The van der Waals surface area contributed by atoms with Crippen LogP contribution in [-0.2, 0) is 0 Å². The standard InChI is InChI=1S/C25H25FN6O/c1-15-12-28-21-8-5-18(14-32(15)21)23-22(17-3-6-19(26)7-4-17)30-25(27)24(29-23)20(33)11-16-9-10-31(2)13-16/h3-8,12,14,16H,9-11,13H2,1-2H3,(H2,27,30)/t16-/m1/s1. The third kappa shape index (κ3) is 4.09. The number of hydrogen-bond acceptors (Lipinski definition) is 6. The van der Waals surface area contributed by atoms with Gasteiger partial charge >= 0.3 is 0 Å². The Morgan fingerprint density at radius 2 is 1.85 bits per heavy atom. The summed E-state index contributed by atoms with van der Waals surface area (Å²) in [5, 5.41) is 0. The van der Waals surface area contributed by atoms with Gasteiger partial charge in [0.05, 0.1) is 11.4 Å². The molecule has 0 radical (unpaired) electrons. The van der Waals surface area contributed by atoms with E-state index >= 15 is 0 Å². The molecule has 7 nitrogen and oxygen atoms in total. The monoisotopic (exact) mass is 444 g/mol. The number of halogens is 1. The van der Waals surface area contributed by atoms with Gasteiger partial charge in [0.25, 0.3) is 0 Å². The molecule has 1 aromatic carbocycles. The van der Waals surface area contributed by atoms with E-state index in [0.717, 1.165) is 36.4 Å². The lowest BCUT2D eigenvalue weighted by molar-refractivity contribution is 0.0958. The van der Waals surface area contributed by atoms with Gasteiger partial charge in [0.2, 0.25) is 0 Å². The van der Waals surface area contributed by atoms with E-state index in [-0.39, 0.29) is 29.0 Å². The van der Waals surface area contributed by atoms with E-state index < -0.39 is 0 Å². The average molecular weight is 445 g/mol. The van der Waals surface area contributed by atoms with Crippen LogP contribution in [0.1, 0.15) is 29.0 Å². The molecule has 5 rings (SSSR count). The molecule has 2 N–H and O–H groups in total. The van der Waals surface area contributed by atoms with Crippen LogP contribution in [0.4, 0.5) is 10.2 Å². The Hall–Kier alpha value is -3.65. The van der Waals surface area contributed by atoms with Gasteiger partial charge in [0, 0.05) is 42.2 Å². The predicted octanol–water partition coefficient (Wildman–Crippen LogP) is 4.01. The van der Waals surface area contributed by atoms with Crippen LogP contribution in [0.3, 0.4) is 0 Å². The first-order valence-corrected chi connectivity index (χ1v) is 11.0. The highest BCUT2D eigenvalue weighted by Gasteiger charge is 2.26. The zero-order chi connectivity index (χ0) is 23.1. The number of nitrogen functional groups attached to an aromatic ring is 1. The van der Waals surface area contributed by atoms with Crippen LogP contribution in [0, 0.1) is 18.7 Å². The fraction of sp³-hybridized carbons (Fsp3) is 0.280. The maximum atomic E-state index is 13.6. The van der Waals surface area contributed by atoms with Crippen molar-refractivity contribution < 1.29 is 9.18 Å². The van der Waals surface area contributed by atoms with E-state index in [1.165, 1.54) is 12.1 Å². The number of nitrogens with zero attached hydrogens (tertiary/aromatic N) is 5. The lowest BCUT2D eigenvalue weighted by Crippen LogP contribution is -2.18. The second-order valence-electron chi connectivity index (χ2n) is 8.75. The summed E-state index contributed by atoms with van der Waals surface area (Å²) in [6, 6.07) is 9.81. The molecular weight excluding hydrogens is 419 g/mol. The molecule has 4 heterocycles. The first kappa shape index (κ1) is 21.2. The number of hydrogen-bond donors (Lipinski definition) is 1. The van der Waals surface area contributed by atoms with E-state index in [1.807, 2.05) is 29.7 Å². The summed E-state index contributed by atoms with van der Waals surface area (Å²) in [5.41, 5.74) is 10.7. The molecule has 0 bridgehead atoms. The summed E-state index contributed by atoms with van der Waals surface area (Å²) in [6.07, 6.45) is 5.08. The zero-order valence-electron chi connectivity index (χ0n) is 18.6. The van der Waals surface area contributed by atoms with Gasteiger partial charge in [-0.25, -0.2) is 19.3 Å². The van der Waals surface area contributed by atoms with Crippen molar-refractivity contribution >= 4 is 17.2 Å². The van der Waals surface area contributed by atoms with Crippen LogP contribution in [0.5, 0.6) is 0 Å². The highest BCUT2D eigenvalue weighted by molar-refractivity contribution is 5.99. The Kier molecular flexibility index (Phi) is 5.38. The van der Waals surface area contributed by atoms with Crippen molar-refractivity contribution in [1.29, 1.82) is 0 Å². The van der Waals surface area contributed by atoms with Crippen molar-refractivity contribution in [2.75, 3.05) is 25.9 Å². The average Bonchev–Trinajstić information content (AvgIpc) is 3.38. The van der Waals surface area contributed by atoms with Crippen LogP contribution in [0.25, 0.3) is 28.2 Å². The zero-order valence-corrected chi connectivity index (χ0v) is 18.6. The summed E-state index contributed by atoms with van der Waals surface area (Å²) in [7, 11) is 2.06. The normalized spacial score (nSPS) is 16.5. The summed E-state index contributed by atoms with van der Waals surface area (Å²) >= 11 is 0. The number of carbonyl (C=O) groups is 1. The van der Waals surface area contributed by atoms with Crippen molar-refractivity contribution in [1.82, 2.24) is 24.3 Å². The van der Waals surface area contributed by atoms with E-state index in [4.69, 9.17) is 10.7 Å². The third-order valence-corrected chi connectivity index (χ3v) is 6.23. The Morgan fingerprint density at radius 1 is 1.12 bits per heavy atom. The first-order valence-electron chi connectivity index (χ1n) is 11.0. The van der Waals surface area contributed by atoms with E-state index in [2.05, 4.69) is 21.9 Å². The van der Waals surface area contributed by atoms with Crippen LogP contribution in [-0.4, -0.2) is 50.2 Å². The van der Waals surface area contributed by atoms with Crippen molar-refractivity contribution in [3.8, 4) is 22.5 Å². The predicted molar refractivity (Wildman–Crippen MR) is 125 cm³/mol. The van der Waals surface area contributed by atoms with Crippen molar-refractivity contribution in [2.45, 2.75) is 19.8 Å². The quantitative estimate of drug-likeness (QED) is 0.468. The molecule has 168 valence electrons. The molecule has 1 aliphatic rings. The minimum absolute atomic E-state index is 0.0920. The van der Waals surface area contributed by atoms with Crippen molar-refractivity contribution in [3.63, 3.8) is 0 Å². The number of imidazole rings is 1. The van der Waals surface area contributed by atoms with E-state index in [1.54, 1.807) is 18.3 Å². The molecule has 4 aromatic rings. The van der Waals surface area contributed by atoms with Crippen LogP contribution in [0.15, 0.2) is 48.8 Å². The van der Waals surface area contributed by atoms with E-state index in [9.17, 15) is 9.18 Å². The van der Waals surface area contributed by atoms with Gasteiger partial charge < -0.3 is 15.0 Å². The van der Waals surface area contributed by atoms with Gasteiger partial charge in [-0.3, -0.25) is 4.79 Å². The second-order valence-corrected chi connectivity index (χ2v) is 8.75. The molecule has 0 unspecified atom stereocenters. The Bertz CT molecular complexity index is 1350. The highest BCUT2D eigenvalue weighted by atomic mass is 19.1. The highest BCUT2D eigenvalue weighted by Crippen LogP contribution is 2.32. The summed E-state index contributed by atoms with van der Waals surface area (Å²) < 4.78 is 15.5. The first-order chi connectivity index (χ1) is 15.9. The SMILES string of the molecule is Cc1cnc2ccc(-c3nc(C(=O)C[C@H]4CCN(C)C4)c(N)nc3-c3ccc(F)cc3)cn12. The summed E-state index contributed by atoms with van der Waals surface area (Å²) in [5.74, 6) is -0.0692. The number of aryl methyl sites for hydroxylation is 1. The lowest BCUT2D eigenvalue weighted by Gasteiger charge is -2.14. The molecule has 33 heavy (non-hydrogen) atoms. The van der Waals surface area contributed by atoms with Gasteiger partial charge in [0.15, 0.2) is 11.6 Å². The number of likely N-dealkylation sites (tertiary alicyclic amines) is 1.